The molecule has 6 nitrogen and oxygen atoms in total. The van der Waals surface area contributed by atoms with Crippen LogP contribution in [-0.4, -0.2) is 46.9 Å². The van der Waals surface area contributed by atoms with Crippen molar-refractivity contribution < 1.29 is 9.53 Å². The van der Waals surface area contributed by atoms with Crippen LogP contribution in [0.1, 0.15) is 29.5 Å². The largest absolute Gasteiger partial charge is 0.395 e. The molecule has 100 valence electrons. The van der Waals surface area contributed by atoms with Gasteiger partial charge in [0.2, 0.25) is 0 Å². The van der Waals surface area contributed by atoms with Gasteiger partial charge in [-0.05, 0) is 12.8 Å². The molecule has 1 saturated heterocycles. The monoisotopic (exact) mass is 252 g/mol. The van der Waals surface area contributed by atoms with Crippen molar-refractivity contribution in [3.63, 3.8) is 0 Å². The molecular formula is C12H20N4O2. The summed E-state index contributed by atoms with van der Waals surface area (Å²) in [5.74, 6) is -0.0484. The summed E-state index contributed by atoms with van der Waals surface area (Å²) in [7, 11) is 1.76. The first-order valence-corrected chi connectivity index (χ1v) is 6.33. The van der Waals surface area contributed by atoms with Crippen molar-refractivity contribution in [1.29, 1.82) is 0 Å². The Morgan fingerprint density at radius 3 is 2.89 bits per heavy atom. The quantitative estimate of drug-likeness (QED) is 0.828. The van der Waals surface area contributed by atoms with Crippen LogP contribution in [0, 0.1) is 0 Å². The molecule has 2 N–H and O–H groups in total. The number of amides is 1. The summed E-state index contributed by atoms with van der Waals surface area (Å²) < 4.78 is 6.94. The fourth-order valence-corrected chi connectivity index (χ4v) is 2.21. The lowest BCUT2D eigenvalue weighted by atomic mass is 10.2. The average molecular weight is 252 g/mol. The van der Waals surface area contributed by atoms with Gasteiger partial charge in [-0.15, -0.1) is 0 Å². The highest BCUT2D eigenvalue weighted by molar-refractivity contribution is 5.98. The lowest BCUT2D eigenvalue weighted by Gasteiger charge is -2.19. The van der Waals surface area contributed by atoms with E-state index in [1.54, 1.807) is 16.6 Å². The summed E-state index contributed by atoms with van der Waals surface area (Å²) in [5.41, 5.74) is 7.79. The number of rotatable bonds is 2. The molecule has 1 amide bonds. The van der Waals surface area contributed by atoms with Gasteiger partial charge in [-0.25, -0.2) is 0 Å². The molecule has 2 heterocycles. The molecule has 1 aliphatic heterocycles. The van der Waals surface area contributed by atoms with Crippen molar-refractivity contribution in [2.45, 2.75) is 19.8 Å². The molecule has 0 aromatic carbocycles. The smallest absolute Gasteiger partial charge is 0.274 e. The summed E-state index contributed by atoms with van der Waals surface area (Å²) in [6, 6.07) is 0. The van der Waals surface area contributed by atoms with E-state index in [4.69, 9.17) is 10.5 Å². The highest BCUT2D eigenvalue weighted by Crippen LogP contribution is 2.19. The number of aromatic nitrogens is 2. The molecule has 1 aromatic heterocycles. The third-order valence-corrected chi connectivity index (χ3v) is 3.21. The molecule has 2 rings (SSSR count). The third kappa shape index (κ3) is 2.33. The molecule has 0 bridgehead atoms. The zero-order valence-corrected chi connectivity index (χ0v) is 11.0. The summed E-state index contributed by atoms with van der Waals surface area (Å²) in [6.45, 7) is 4.61. The van der Waals surface area contributed by atoms with Crippen molar-refractivity contribution in [3.8, 4) is 0 Å². The van der Waals surface area contributed by atoms with E-state index in [-0.39, 0.29) is 5.91 Å². The first kappa shape index (κ1) is 12.9. The first-order valence-electron chi connectivity index (χ1n) is 6.33. The fourth-order valence-electron chi connectivity index (χ4n) is 2.21. The van der Waals surface area contributed by atoms with E-state index in [1.807, 2.05) is 6.92 Å². The van der Waals surface area contributed by atoms with Gasteiger partial charge < -0.3 is 15.4 Å². The van der Waals surface area contributed by atoms with Crippen LogP contribution in [0.25, 0.3) is 0 Å². The Morgan fingerprint density at radius 1 is 1.44 bits per heavy atom. The summed E-state index contributed by atoms with van der Waals surface area (Å²) >= 11 is 0. The van der Waals surface area contributed by atoms with Crippen molar-refractivity contribution in [1.82, 2.24) is 14.7 Å². The maximum Gasteiger partial charge on any atom is 0.274 e. The number of nitrogen functional groups attached to an aromatic ring is 1. The minimum Gasteiger partial charge on any atom is -0.395 e. The van der Waals surface area contributed by atoms with Crippen LogP contribution in [0.15, 0.2) is 0 Å². The Bertz CT molecular complexity index is 434. The number of hydrogen-bond acceptors (Lipinski definition) is 4. The minimum atomic E-state index is -0.0484. The number of carbonyl (C=O) groups is 1. The molecule has 6 heteroatoms. The van der Waals surface area contributed by atoms with Crippen LogP contribution < -0.4 is 5.73 Å². The molecule has 0 radical (unpaired) electrons. The van der Waals surface area contributed by atoms with Crippen molar-refractivity contribution in [3.05, 3.63) is 11.4 Å². The number of anilines is 1. The Balaban J connectivity index is 2.24. The fraction of sp³-hybridized carbons (Fsp3) is 0.667. The van der Waals surface area contributed by atoms with E-state index < -0.39 is 0 Å². The number of nitrogens with zero attached hydrogens (tertiary/aromatic N) is 3. The normalized spacial score (nSPS) is 16.7. The zero-order valence-electron chi connectivity index (χ0n) is 11.0. The molecule has 1 aromatic rings. The Kier molecular flexibility index (Phi) is 3.86. The Hall–Kier alpha value is -1.56. The zero-order chi connectivity index (χ0) is 13.1. The van der Waals surface area contributed by atoms with Gasteiger partial charge in [-0.3, -0.25) is 9.48 Å². The van der Waals surface area contributed by atoms with E-state index in [2.05, 4.69) is 5.10 Å². The second kappa shape index (κ2) is 5.39. The Morgan fingerprint density at radius 2 is 2.22 bits per heavy atom. The lowest BCUT2D eigenvalue weighted by Crippen LogP contribution is -2.34. The van der Waals surface area contributed by atoms with E-state index >= 15 is 0 Å². The molecular weight excluding hydrogens is 232 g/mol. The first-order chi connectivity index (χ1) is 8.65. The molecule has 0 unspecified atom stereocenters. The van der Waals surface area contributed by atoms with Crippen LogP contribution in [0.3, 0.4) is 0 Å². The maximum atomic E-state index is 12.5. The van der Waals surface area contributed by atoms with Gasteiger partial charge >= 0.3 is 0 Å². The van der Waals surface area contributed by atoms with Crippen molar-refractivity contribution in [2.24, 2.45) is 7.05 Å². The average Bonchev–Trinajstić information content (AvgIpc) is 2.58. The van der Waals surface area contributed by atoms with Crippen molar-refractivity contribution >= 4 is 11.6 Å². The van der Waals surface area contributed by atoms with E-state index in [9.17, 15) is 4.79 Å². The van der Waals surface area contributed by atoms with Crippen LogP contribution in [0.5, 0.6) is 0 Å². The number of ether oxygens (including phenoxy) is 1. The molecule has 1 aliphatic rings. The van der Waals surface area contributed by atoms with E-state index in [1.165, 1.54) is 0 Å². The van der Waals surface area contributed by atoms with E-state index in [0.717, 1.165) is 18.5 Å². The molecule has 0 saturated carbocycles. The van der Waals surface area contributed by atoms with Gasteiger partial charge in [-0.1, -0.05) is 6.92 Å². The summed E-state index contributed by atoms with van der Waals surface area (Å²) in [6.07, 6.45) is 1.60. The number of hydrogen-bond donors (Lipinski definition) is 1. The molecule has 0 aliphatic carbocycles. The van der Waals surface area contributed by atoms with Gasteiger partial charge in [0.25, 0.3) is 5.91 Å². The number of carbonyl (C=O) groups excluding carboxylic acids is 1. The number of nitrogens with two attached hydrogens (primary N) is 1. The molecule has 0 atom stereocenters. The predicted molar refractivity (Wildman–Crippen MR) is 68.3 cm³/mol. The maximum absolute atomic E-state index is 12.5. The molecule has 1 fully saturated rings. The second-order valence-electron chi connectivity index (χ2n) is 4.44. The van der Waals surface area contributed by atoms with Crippen molar-refractivity contribution in [2.75, 3.05) is 32.0 Å². The van der Waals surface area contributed by atoms with Crippen LogP contribution >= 0.6 is 0 Å². The SMILES string of the molecule is CCc1nn(C)c(C(=O)N2CCCOCC2)c1N. The van der Waals surface area contributed by atoms with Gasteiger partial charge in [-0.2, -0.15) is 5.10 Å². The van der Waals surface area contributed by atoms with Gasteiger partial charge in [0.15, 0.2) is 0 Å². The highest BCUT2D eigenvalue weighted by atomic mass is 16.5. The minimum absolute atomic E-state index is 0.0484. The summed E-state index contributed by atoms with van der Waals surface area (Å²) in [4.78, 5) is 14.2. The predicted octanol–water partition coefficient (Wildman–Crippen LogP) is 0.427. The van der Waals surface area contributed by atoms with Gasteiger partial charge in [0.1, 0.15) is 5.69 Å². The standard InChI is InChI=1S/C12H20N4O2/c1-3-9-10(13)11(15(2)14-9)12(17)16-5-4-7-18-8-6-16/h3-8,13H2,1-2H3. The topological polar surface area (TPSA) is 73.4 Å². The Labute approximate surface area is 107 Å². The summed E-state index contributed by atoms with van der Waals surface area (Å²) in [5, 5.41) is 4.28. The second-order valence-corrected chi connectivity index (χ2v) is 4.44. The number of aryl methyl sites for hydroxylation is 2. The van der Waals surface area contributed by atoms with Gasteiger partial charge in [0, 0.05) is 26.7 Å². The van der Waals surface area contributed by atoms with Gasteiger partial charge in [0.05, 0.1) is 18.0 Å². The molecule has 0 spiro atoms. The molecule has 18 heavy (non-hydrogen) atoms. The van der Waals surface area contributed by atoms with Crippen LogP contribution in [0.2, 0.25) is 0 Å². The van der Waals surface area contributed by atoms with Crippen LogP contribution in [0.4, 0.5) is 5.69 Å². The third-order valence-electron chi connectivity index (χ3n) is 3.21. The van der Waals surface area contributed by atoms with E-state index in [0.29, 0.717) is 37.7 Å². The highest BCUT2D eigenvalue weighted by Gasteiger charge is 2.24. The van der Waals surface area contributed by atoms with Crippen LogP contribution in [-0.2, 0) is 18.2 Å². The lowest BCUT2D eigenvalue weighted by molar-refractivity contribution is 0.0731.